The van der Waals surface area contributed by atoms with Crippen LogP contribution in [-0.2, 0) is 11.3 Å². The van der Waals surface area contributed by atoms with E-state index in [0.717, 1.165) is 21.5 Å². The molecule has 6 nitrogen and oxygen atoms in total. The Bertz CT molecular complexity index is 935. The summed E-state index contributed by atoms with van der Waals surface area (Å²) < 4.78 is 6.44. The first-order valence-electron chi connectivity index (χ1n) is 8.23. The molecule has 0 atom stereocenters. The molecule has 26 heavy (non-hydrogen) atoms. The molecule has 2 N–H and O–H groups in total. The van der Waals surface area contributed by atoms with Crippen LogP contribution in [0.5, 0.6) is 5.75 Å². The van der Waals surface area contributed by atoms with E-state index in [2.05, 4.69) is 15.6 Å². The van der Waals surface area contributed by atoms with E-state index >= 15 is 0 Å². The molecule has 1 aromatic heterocycles. The van der Waals surface area contributed by atoms with E-state index in [-0.39, 0.29) is 11.8 Å². The molecule has 0 aliphatic carbocycles. The fourth-order valence-corrected chi connectivity index (χ4v) is 3.27. The first-order valence-corrected chi connectivity index (χ1v) is 9.05. The van der Waals surface area contributed by atoms with Crippen LogP contribution in [0.25, 0.3) is 10.2 Å². The Morgan fingerprint density at radius 3 is 2.62 bits per heavy atom. The molecule has 0 radical (unpaired) electrons. The monoisotopic (exact) mass is 369 g/mol. The van der Waals surface area contributed by atoms with Crippen LogP contribution < -0.4 is 15.4 Å². The number of ether oxygens (including phenoxy) is 1. The lowest BCUT2D eigenvalue weighted by atomic mass is 10.1. The van der Waals surface area contributed by atoms with E-state index < -0.39 is 0 Å². The van der Waals surface area contributed by atoms with Crippen LogP contribution in [0.3, 0.4) is 0 Å². The van der Waals surface area contributed by atoms with E-state index in [1.807, 2.05) is 37.3 Å². The van der Waals surface area contributed by atoms with Crippen LogP contribution in [0.1, 0.15) is 29.8 Å². The van der Waals surface area contributed by atoms with Gasteiger partial charge in [-0.15, -0.1) is 0 Å². The highest BCUT2D eigenvalue weighted by molar-refractivity contribution is 7.22. The Balaban J connectivity index is 1.69. The van der Waals surface area contributed by atoms with Gasteiger partial charge in [0.15, 0.2) is 5.13 Å². The molecule has 0 saturated carbocycles. The molecule has 2 aromatic carbocycles. The maximum atomic E-state index is 12.4. The first kappa shape index (κ1) is 17.9. The van der Waals surface area contributed by atoms with Gasteiger partial charge in [0.25, 0.3) is 5.91 Å². The Morgan fingerprint density at radius 2 is 1.92 bits per heavy atom. The van der Waals surface area contributed by atoms with Crippen molar-refractivity contribution in [3.05, 3.63) is 53.6 Å². The van der Waals surface area contributed by atoms with Gasteiger partial charge in [0.2, 0.25) is 5.91 Å². The smallest absolute Gasteiger partial charge is 0.257 e. The number of carbonyl (C=O) groups excluding carboxylic acids is 2. The van der Waals surface area contributed by atoms with Crippen LogP contribution >= 0.6 is 11.3 Å². The SMILES string of the molecule is CCOc1ccc2nc(NC(=O)c3ccc(CNC(C)=O)cc3)sc2c1. The molecule has 2 amide bonds. The molecule has 0 unspecified atom stereocenters. The lowest BCUT2D eigenvalue weighted by molar-refractivity contribution is -0.119. The number of rotatable bonds is 6. The van der Waals surface area contributed by atoms with Gasteiger partial charge in [0, 0.05) is 19.0 Å². The molecule has 1 heterocycles. The van der Waals surface area contributed by atoms with E-state index in [1.54, 1.807) is 12.1 Å². The molecule has 0 fully saturated rings. The van der Waals surface area contributed by atoms with Gasteiger partial charge in [-0.05, 0) is 42.8 Å². The van der Waals surface area contributed by atoms with Gasteiger partial charge in [0.05, 0.1) is 16.8 Å². The standard InChI is InChI=1S/C19H19N3O3S/c1-3-25-15-8-9-16-17(10-15)26-19(21-16)22-18(24)14-6-4-13(5-7-14)11-20-12(2)23/h4-10H,3,11H2,1-2H3,(H,20,23)(H,21,22,24). The zero-order chi connectivity index (χ0) is 18.5. The van der Waals surface area contributed by atoms with Crippen LogP contribution in [0.2, 0.25) is 0 Å². The normalized spacial score (nSPS) is 10.5. The van der Waals surface area contributed by atoms with Crippen molar-refractivity contribution in [3.8, 4) is 5.75 Å². The number of thiazole rings is 1. The van der Waals surface area contributed by atoms with Gasteiger partial charge in [0.1, 0.15) is 5.75 Å². The number of carbonyl (C=O) groups is 2. The van der Waals surface area contributed by atoms with Crippen molar-refractivity contribution < 1.29 is 14.3 Å². The minimum atomic E-state index is -0.222. The lowest BCUT2D eigenvalue weighted by Crippen LogP contribution is -2.19. The van der Waals surface area contributed by atoms with Crippen LogP contribution in [-0.4, -0.2) is 23.4 Å². The number of anilines is 1. The van der Waals surface area contributed by atoms with Gasteiger partial charge < -0.3 is 10.1 Å². The van der Waals surface area contributed by atoms with E-state index in [9.17, 15) is 9.59 Å². The van der Waals surface area contributed by atoms with Gasteiger partial charge in [-0.25, -0.2) is 4.98 Å². The zero-order valence-corrected chi connectivity index (χ0v) is 15.4. The largest absolute Gasteiger partial charge is 0.494 e. The number of fused-ring (bicyclic) bond motifs is 1. The molecule has 0 bridgehead atoms. The van der Waals surface area contributed by atoms with Gasteiger partial charge >= 0.3 is 0 Å². The molecule has 0 aliphatic heterocycles. The highest BCUT2D eigenvalue weighted by Crippen LogP contribution is 2.29. The third kappa shape index (κ3) is 4.37. The Morgan fingerprint density at radius 1 is 1.15 bits per heavy atom. The lowest BCUT2D eigenvalue weighted by Gasteiger charge is -2.05. The van der Waals surface area contributed by atoms with E-state index in [0.29, 0.717) is 23.8 Å². The second kappa shape index (κ2) is 7.97. The third-order valence-electron chi connectivity index (χ3n) is 3.65. The number of hydrogen-bond donors (Lipinski definition) is 2. The molecule has 0 spiro atoms. The fraction of sp³-hybridized carbons (Fsp3) is 0.211. The van der Waals surface area contributed by atoms with Crippen molar-refractivity contribution in [1.29, 1.82) is 0 Å². The summed E-state index contributed by atoms with van der Waals surface area (Å²) in [5.41, 5.74) is 2.28. The number of nitrogens with one attached hydrogen (secondary N) is 2. The summed E-state index contributed by atoms with van der Waals surface area (Å²) in [6.07, 6.45) is 0. The summed E-state index contributed by atoms with van der Waals surface area (Å²) in [6, 6.07) is 12.8. The van der Waals surface area contributed by atoms with Gasteiger partial charge in [-0.2, -0.15) is 0 Å². The summed E-state index contributed by atoms with van der Waals surface area (Å²) in [5.74, 6) is 0.478. The number of nitrogens with zero attached hydrogens (tertiary/aromatic N) is 1. The average molecular weight is 369 g/mol. The Labute approximate surface area is 155 Å². The van der Waals surface area contributed by atoms with Crippen LogP contribution in [0, 0.1) is 0 Å². The van der Waals surface area contributed by atoms with Crippen LogP contribution in [0.4, 0.5) is 5.13 Å². The fourth-order valence-electron chi connectivity index (χ4n) is 2.38. The predicted molar refractivity (Wildman–Crippen MR) is 103 cm³/mol. The number of amides is 2. The minimum absolute atomic E-state index is 0.0878. The first-order chi connectivity index (χ1) is 12.5. The molecule has 134 valence electrons. The van der Waals surface area contributed by atoms with Gasteiger partial charge in [-0.1, -0.05) is 23.5 Å². The quantitative estimate of drug-likeness (QED) is 0.696. The van der Waals surface area contributed by atoms with E-state index in [4.69, 9.17) is 4.74 Å². The molecular weight excluding hydrogens is 350 g/mol. The minimum Gasteiger partial charge on any atom is -0.494 e. The predicted octanol–water partition coefficient (Wildman–Crippen LogP) is 3.58. The van der Waals surface area contributed by atoms with Crippen molar-refractivity contribution in [2.75, 3.05) is 11.9 Å². The second-order valence-corrected chi connectivity index (χ2v) is 6.67. The topological polar surface area (TPSA) is 80.3 Å². The number of benzene rings is 2. The van der Waals surface area contributed by atoms with Crippen LogP contribution in [0.15, 0.2) is 42.5 Å². The van der Waals surface area contributed by atoms with Crippen molar-refractivity contribution in [1.82, 2.24) is 10.3 Å². The highest BCUT2D eigenvalue weighted by Gasteiger charge is 2.11. The third-order valence-corrected chi connectivity index (χ3v) is 4.58. The zero-order valence-electron chi connectivity index (χ0n) is 14.5. The molecule has 0 saturated heterocycles. The van der Waals surface area contributed by atoms with Crippen molar-refractivity contribution in [2.24, 2.45) is 0 Å². The highest BCUT2D eigenvalue weighted by atomic mass is 32.1. The molecule has 3 aromatic rings. The Hall–Kier alpha value is -2.93. The maximum absolute atomic E-state index is 12.4. The molecule has 0 aliphatic rings. The van der Waals surface area contributed by atoms with Crippen molar-refractivity contribution >= 4 is 38.5 Å². The maximum Gasteiger partial charge on any atom is 0.257 e. The molecule has 3 rings (SSSR count). The second-order valence-electron chi connectivity index (χ2n) is 5.64. The Kier molecular flexibility index (Phi) is 5.48. The molecular formula is C19H19N3O3S. The summed E-state index contributed by atoms with van der Waals surface area (Å²) in [6.45, 7) is 4.45. The average Bonchev–Trinajstić information content (AvgIpc) is 3.02. The summed E-state index contributed by atoms with van der Waals surface area (Å²) >= 11 is 1.40. The van der Waals surface area contributed by atoms with Crippen molar-refractivity contribution in [3.63, 3.8) is 0 Å². The number of aromatic nitrogens is 1. The summed E-state index contributed by atoms with van der Waals surface area (Å²) in [4.78, 5) is 27.8. The van der Waals surface area contributed by atoms with E-state index in [1.165, 1.54) is 18.3 Å². The van der Waals surface area contributed by atoms with Crippen molar-refractivity contribution in [2.45, 2.75) is 20.4 Å². The number of hydrogen-bond acceptors (Lipinski definition) is 5. The van der Waals surface area contributed by atoms with Gasteiger partial charge in [-0.3, -0.25) is 14.9 Å². The summed E-state index contributed by atoms with van der Waals surface area (Å²) in [7, 11) is 0. The summed E-state index contributed by atoms with van der Waals surface area (Å²) in [5, 5.41) is 6.09. The molecule has 7 heteroatoms.